The molecule has 1 fully saturated rings. The number of aliphatic hydroxyl groups is 1. The third-order valence-electron chi connectivity index (χ3n) is 7.29. The number of carbonyl (C=O) groups is 4. The van der Waals surface area contributed by atoms with Crippen LogP contribution in [0.4, 0.5) is 0 Å². The Balaban J connectivity index is 1.87. The van der Waals surface area contributed by atoms with Crippen LogP contribution in [0.5, 0.6) is 0 Å². The molecule has 232 valence electrons. The van der Waals surface area contributed by atoms with Crippen molar-refractivity contribution in [3.63, 3.8) is 0 Å². The standard InChI is InChI=1S/C30H42BN5O7/c1-18(2)15-25(31-36(5)24(30(41)42-6)17-32-16-19(3)29(40)43-31)34-28(39)26(20(4)37)35-27(38)23-14-10-13-22(33-23)21-11-8-7-9-12-21/h7-14,18-20,24-26,32,37H,15-17H2,1-6H3,(H,34,39)(H,35,38)/t19-,20+,24+,25-,26-/m0/s1. The van der Waals surface area contributed by atoms with Gasteiger partial charge < -0.3 is 30.4 Å². The predicted octanol–water partition coefficient (Wildman–Crippen LogP) is 1.04. The van der Waals surface area contributed by atoms with Crippen molar-refractivity contribution in [3.05, 3.63) is 54.2 Å². The van der Waals surface area contributed by atoms with Crippen molar-refractivity contribution in [2.75, 3.05) is 27.2 Å². The van der Waals surface area contributed by atoms with Crippen LogP contribution in [0.2, 0.25) is 0 Å². The number of methoxy groups -OCH3 is 1. The normalized spacial score (nSPS) is 20.1. The summed E-state index contributed by atoms with van der Waals surface area (Å²) in [6, 6.07) is 12.2. The minimum absolute atomic E-state index is 0.0432. The molecule has 13 heteroatoms. The molecular formula is C30H42BN5O7. The highest BCUT2D eigenvalue weighted by Crippen LogP contribution is 2.19. The number of aliphatic hydroxyl groups excluding tert-OH is 1. The Hall–Kier alpha value is -3.81. The number of ether oxygens (including phenoxy) is 1. The average Bonchev–Trinajstić information content (AvgIpc) is 3.04. The summed E-state index contributed by atoms with van der Waals surface area (Å²) >= 11 is 0. The summed E-state index contributed by atoms with van der Waals surface area (Å²) in [4.78, 5) is 58.5. The number of carbonyl (C=O) groups excluding carboxylic acids is 4. The van der Waals surface area contributed by atoms with Gasteiger partial charge in [-0.05, 0) is 38.4 Å². The third kappa shape index (κ3) is 9.09. The molecule has 12 nitrogen and oxygen atoms in total. The van der Waals surface area contributed by atoms with Crippen molar-refractivity contribution in [2.24, 2.45) is 11.8 Å². The van der Waals surface area contributed by atoms with Gasteiger partial charge in [-0.15, -0.1) is 0 Å². The topological polar surface area (TPSA) is 159 Å². The van der Waals surface area contributed by atoms with E-state index in [9.17, 15) is 24.3 Å². The van der Waals surface area contributed by atoms with E-state index in [1.165, 1.54) is 20.1 Å². The lowest BCUT2D eigenvalue weighted by Crippen LogP contribution is -2.64. The third-order valence-corrected chi connectivity index (χ3v) is 7.29. The maximum Gasteiger partial charge on any atom is 0.475 e. The van der Waals surface area contributed by atoms with Crippen LogP contribution in [0.25, 0.3) is 11.3 Å². The molecule has 4 N–H and O–H groups in total. The summed E-state index contributed by atoms with van der Waals surface area (Å²) in [7, 11) is 1.86. The first-order valence-electron chi connectivity index (χ1n) is 14.5. The maximum absolute atomic E-state index is 13.7. The summed E-state index contributed by atoms with van der Waals surface area (Å²) in [6.45, 7) is 7.48. The maximum atomic E-state index is 13.7. The molecule has 1 aromatic heterocycles. The molecule has 43 heavy (non-hydrogen) atoms. The number of hydrogen-bond donors (Lipinski definition) is 4. The van der Waals surface area contributed by atoms with Crippen LogP contribution >= 0.6 is 0 Å². The molecule has 1 aromatic carbocycles. The van der Waals surface area contributed by atoms with E-state index in [4.69, 9.17) is 9.39 Å². The number of aromatic nitrogens is 1. The van der Waals surface area contributed by atoms with E-state index in [-0.39, 0.29) is 18.2 Å². The van der Waals surface area contributed by atoms with Crippen LogP contribution in [-0.2, 0) is 23.8 Å². The molecule has 2 amide bonds. The number of benzene rings is 1. The van der Waals surface area contributed by atoms with Gasteiger partial charge in [-0.25, -0.2) is 4.98 Å². The van der Waals surface area contributed by atoms with Gasteiger partial charge in [-0.3, -0.25) is 24.0 Å². The minimum Gasteiger partial charge on any atom is -0.518 e. The Morgan fingerprint density at radius 2 is 1.81 bits per heavy atom. The summed E-state index contributed by atoms with van der Waals surface area (Å²) in [5.41, 5.74) is 1.48. The Morgan fingerprint density at radius 1 is 1.12 bits per heavy atom. The number of likely N-dealkylation sites (N-methyl/N-ethyl adjacent to an activating group) is 1. The van der Waals surface area contributed by atoms with Crippen LogP contribution < -0.4 is 16.0 Å². The first-order chi connectivity index (χ1) is 20.4. The van der Waals surface area contributed by atoms with Gasteiger partial charge in [0.15, 0.2) is 0 Å². The second-order valence-electron chi connectivity index (χ2n) is 11.3. The lowest BCUT2D eigenvalue weighted by molar-refractivity contribution is -0.146. The Bertz CT molecular complexity index is 1260. The Labute approximate surface area is 253 Å². The fraction of sp³-hybridized carbons (Fsp3) is 0.500. The number of hydrogen-bond acceptors (Lipinski definition) is 10. The summed E-state index contributed by atoms with van der Waals surface area (Å²) in [6.07, 6.45) is -0.904. The summed E-state index contributed by atoms with van der Waals surface area (Å²) in [5.74, 6) is -3.61. The van der Waals surface area contributed by atoms with Gasteiger partial charge in [0.2, 0.25) is 5.91 Å². The lowest BCUT2D eigenvalue weighted by Gasteiger charge is -2.35. The van der Waals surface area contributed by atoms with Crippen molar-refractivity contribution < 1.29 is 33.7 Å². The molecule has 0 aliphatic carbocycles. The lowest BCUT2D eigenvalue weighted by atomic mass is 9.66. The first kappa shape index (κ1) is 33.7. The molecule has 0 unspecified atom stereocenters. The highest BCUT2D eigenvalue weighted by atomic mass is 16.5. The number of amides is 2. The van der Waals surface area contributed by atoms with Crippen LogP contribution in [0.3, 0.4) is 0 Å². The molecule has 2 aromatic rings. The highest BCUT2D eigenvalue weighted by Gasteiger charge is 2.45. The molecule has 2 heterocycles. The smallest absolute Gasteiger partial charge is 0.475 e. The van der Waals surface area contributed by atoms with E-state index >= 15 is 0 Å². The fourth-order valence-corrected chi connectivity index (χ4v) is 4.89. The predicted molar refractivity (Wildman–Crippen MR) is 161 cm³/mol. The van der Waals surface area contributed by atoms with Gasteiger partial charge in [-0.2, -0.15) is 0 Å². The second-order valence-corrected chi connectivity index (χ2v) is 11.3. The largest absolute Gasteiger partial charge is 0.518 e. The van der Waals surface area contributed by atoms with Crippen molar-refractivity contribution >= 4 is 30.8 Å². The number of nitrogens with zero attached hydrogens (tertiary/aromatic N) is 2. The molecule has 0 spiro atoms. The Morgan fingerprint density at radius 3 is 2.44 bits per heavy atom. The number of rotatable bonds is 10. The zero-order valence-corrected chi connectivity index (χ0v) is 25.6. The van der Waals surface area contributed by atoms with Gasteiger partial charge in [0.05, 0.1) is 30.8 Å². The molecule has 1 saturated heterocycles. The first-order valence-corrected chi connectivity index (χ1v) is 14.5. The number of esters is 1. The molecule has 0 radical (unpaired) electrons. The highest BCUT2D eigenvalue weighted by molar-refractivity contribution is 6.53. The van der Waals surface area contributed by atoms with E-state index in [0.29, 0.717) is 18.7 Å². The summed E-state index contributed by atoms with van der Waals surface area (Å²) < 4.78 is 10.9. The summed E-state index contributed by atoms with van der Waals surface area (Å²) in [5, 5.41) is 19.1. The van der Waals surface area contributed by atoms with Crippen molar-refractivity contribution in [1.29, 1.82) is 0 Å². The zero-order valence-electron chi connectivity index (χ0n) is 25.6. The van der Waals surface area contributed by atoms with E-state index in [2.05, 4.69) is 20.9 Å². The van der Waals surface area contributed by atoms with Crippen LogP contribution in [0.1, 0.15) is 44.6 Å². The molecule has 0 bridgehead atoms. The van der Waals surface area contributed by atoms with Crippen molar-refractivity contribution in [3.8, 4) is 11.3 Å². The molecule has 3 rings (SSSR count). The SMILES string of the molecule is COC(=O)[C@H]1CNC[C@H](C)C(=O)OB([C@H](CC(C)C)NC(=O)[C@@H](NC(=O)c2cccc(-c3ccccc3)n2)[C@@H](C)O)N1C. The van der Waals surface area contributed by atoms with Gasteiger partial charge >= 0.3 is 13.0 Å². The monoisotopic (exact) mass is 595 g/mol. The van der Waals surface area contributed by atoms with Crippen molar-refractivity contribution in [1.82, 2.24) is 25.7 Å². The second kappa shape index (κ2) is 15.6. The van der Waals surface area contributed by atoms with Crippen molar-refractivity contribution in [2.45, 2.75) is 58.2 Å². The minimum atomic E-state index is -1.35. The van der Waals surface area contributed by atoms with E-state index in [1.807, 2.05) is 44.2 Å². The van der Waals surface area contributed by atoms with Crippen LogP contribution in [-0.4, -0.2) is 97.1 Å². The van der Waals surface area contributed by atoms with Gasteiger partial charge in [0.1, 0.15) is 17.8 Å². The zero-order chi connectivity index (χ0) is 31.7. The number of nitrogens with one attached hydrogen (secondary N) is 3. The fourth-order valence-electron chi connectivity index (χ4n) is 4.89. The molecular weight excluding hydrogens is 553 g/mol. The number of pyridine rings is 1. The van der Waals surface area contributed by atoms with Gasteiger partial charge in [0.25, 0.3) is 11.9 Å². The van der Waals surface area contributed by atoms with Crippen LogP contribution in [0, 0.1) is 11.8 Å². The molecule has 0 saturated carbocycles. The van der Waals surface area contributed by atoms with E-state index in [0.717, 1.165) is 5.56 Å². The molecule has 5 atom stereocenters. The average molecular weight is 596 g/mol. The molecule has 1 aliphatic rings. The molecule has 1 aliphatic heterocycles. The van der Waals surface area contributed by atoms with E-state index < -0.39 is 60.9 Å². The van der Waals surface area contributed by atoms with Gasteiger partial charge in [-0.1, -0.05) is 57.2 Å². The Kier molecular flexibility index (Phi) is 12.2. The van der Waals surface area contributed by atoms with E-state index in [1.54, 1.807) is 30.9 Å². The van der Waals surface area contributed by atoms with Crippen LogP contribution in [0.15, 0.2) is 48.5 Å². The quantitative estimate of drug-likeness (QED) is 0.231. The van der Waals surface area contributed by atoms with Gasteiger partial charge in [0, 0.05) is 18.7 Å².